The topological polar surface area (TPSA) is 50.2 Å². The number of alkyl halides is 3. The van der Waals surface area contributed by atoms with E-state index >= 15 is 0 Å². The van der Waals surface area contributed by atoms with Crippen molar-refractivity contribution in [3.8, 4) is 0 Å². The molecule has 0 amide bonds. The fourth-order valence-electron chi connectivity index (χ4n) is 0.996. The number of carboxylic acids is 1. The highest BCUT2D eigenvalue weighted by molar-refractivity contribution is 14.1. The summed E-state index contributed by atoms with van der Waals surface area (Å²) < 4.78 is 25.3. The number of pyridine rings is 1. The number of carboxylic acid groups (broad SMARTS) is 1. The normalized spacial score (nSPS) is 10.7. The van der Waals surface area contributed by atoms with Crippen molar-refractivity contribution in [2.45, 2.75) is 12.3 Å². The van der Waals surface area contributed by atoms with Crippen LogP contribution in [0.1, 0.15) is 28.0 Å². The highest BCUT2D eigenvalue weighted by atomic mass is 127. The Morgan fingerprint density at radius 3 is 2.67 bits per heavy atom. The van der Waals surface area contributed by atoms with Crippen molar-refractivity contribution in [1.29, 1.82) is 0 Å². The lowest BCUT2D eigenvalue weighted by Gasteiger charge is -2.08. The smallest absolute Gasteiger partial charge is 0.354 e. The minimum atomic E-state index is -2.76. The van der Waals surface area contributed by atoms with E-state index in [-0.39, 0.29) is 20.7 Å². The Bertz CT molecular complexity index is 400. The molecule has 1 aromatic heterocycles. The van der Waals surface area contributed by atoms with Gasteiger partial charge in [-0.15, -0.1) is 11.6 Å². The SMILES string of the molecule is O=C(O)c1cc(C(F)F)c(CCl)c(I)n1. The minimum absolute atomic E-state index is 0.120. The van der Waals surface area contributed by atoms with Gasteiger partial charge in [0.05, 0.1) is 5.88 Å². The van der Waals surface area contributed by atoms with Crippen LogP contribution in [-0.4, -0.2) is 16.1 Å². The van der Waals surface area contributed by atoms with Crippen molar-refractivity contribution >= 4 is 40.2 Å². The zero-order valence-corrected chi connectivity index (χ0v) is 10.1. The van der Waals surface area contributed by atoms with Gasteiger partial charge in [-0.05, 0) is 28.7 Å². The maximum atomic E-state index is 12.6. The third-order valence-electron chi connectivity index (χ3n) is 1.70. The maximum absolute atomic E-state index is 12.6. The molecule has 15 heavy (non-hydrogen) atoms. The summed E-state index contributed by atoms with van der Waals surface area (Å²) in [6.07, 6.45) is -2.76. The highest BCUT2D eigenvalue weighted by Crippen LogP contribution is 2.27. The second-order valence-electron chi connectivity index (χ2n) is 2.61. The van der Waals surface area contributed by atoms with E-state index < -0.39 is 18.1 Å². The Morgan fingerprint density at radius 1 is 1.67 bits per heavy atom. The van der Waals surface area contributed by atoms with Crippen molar-refractivity contribution in [3.05, 3.63) is 26.6 Å². The summed E-state index contributed by atoms with van der Waals surface area (Å²) >= 11 is 7.17. The lowest BCUT2D eigenvalue weighted by Crippen LogP contribution is -2.07. The largest absolute Gasteiger partial charge is 0.477 e. The third kappa shape index (κ3) is 2.75. The van der Waals surface area contributed by atoms with Gasteiger partial charge in [0.25, 0.3) is 6.43 Å². The Kier molecular flexibility index (Phi) is 4.21. The maximum Gasteiger partial charge on any atom is 0.354 e. The number of aromatic carboxylic acids is 1. The summed E-state index contributed by atoms with van der Waals surface area (Å²) in [6.45, 7) is 0. The van der Waals surface area contributed by atoms with Crippen LogP contribution >= 0.6 is 34.2 Å². The van der Waals surface area contributed by atoms with Gasteiger partial charge in [0.2, 0.25) is 0 Å². The van der Waals surface area contributed by atoms with Crippen LogP contribution in [0.3, 0.4) is 0 Å². The van der Waals surface area contributed by atoms with E-state index in [1.807, 2.05) is 0 Å². The predicted octanol–water partition coefficient (Wildman–Crippen LogP) is 3.06. The van der Waals surface area contributed by atoms with Crippen LogP contribution in [0.25, 0.3) is 0 Å². The average Bonchev–Trinajstić information content (AvgIpc) is 2.16. The third-order valence-corrected chi connectivity index (χ3v) is 2.86. The van der Waals surface area contributed by atoms with Crippen molar-refractivity contribution in [3.63, 3.8) is 0 Å². The first-order valence-electron chi connectivity index (χ1n) is 3.74. The van der Waals surface area contributed by atoms with Gasteiger partial charge >= 0.3 is 5.97 Å². The molecule has 1 N–H and O–H groups in total. The van der Waals surface area contributed by atoms with Crippen molar-refractivity contribution < 1.29 is 18.7 Å². The van der Waals surface area contributed by atoms with E-state index in [9.17, 15) is 13.6 Å². The fourth-order valence-corrected chi connectivity index (χ4v) is 2.26. The van der Waals surface area contributed by atoms with Crippen LogP contribution in [0.5, 0.6) is 0 Å². The van der Waals surface area contributed by atoms with Gasteiger partial charge in [0.15, 0.2) is 0 Å². The molecule has 0 saturated heterocycles. The molecule has 0 unspecified atom stereocenters. The molecule has 7 heteroatoms. The van der Waals surface area contributed by atoms with E-state index in [0.29, 0.717) is 0 Å². The summed E-state index contributed by atoms with van der Waals surface area (Å²) in [7, 11) is 0. The first-order chi connectivity index (χ1) is 6.97. The van der Waals surface area contributed by atoms with Gasteiger partial charge in [-0.3, -0.25) is 0 Å². The lowest BCUT2D eigenvalue weighted by molar-refractivity contribution is 0.0689. The van der Waals surface area contributed by atoms with Crippen LogP contribution in [-0.2, 0) is 5.88 Å². The molecule has 0 saturated carbocycles. The second-order valence-corrected chi connectivity index (χ2v) is 3.89. The summed E-state index contributed by atoms with van der Waals surface area (Å²) in [4.78, 5) is 14.2. The lowest BCUT2D eigenvalue weighted by atomic mass is 10.1. The summed E-state index contributed by atoms with van der Waals surface area (Å²) in [5.41, 5.74) is -0.595. The number of hydrogen-bond acceptors (Lipinski definition) is 2. The van der Waals surface area contributed by atoms with E-state index in [2.05, 4.69) is 4.98 Å². The van der Waals surface area contributed by atoms with Crippen molar-refractivity contribution in [2.24, 2.45) is 0 Å². The second kappa shape index (κ2) is 5.02. The van der Waals surface area contributed by atoms with Crippen LogP contribution in [0, 0.1) is 3.70 Å². The number of hydrogen-bond donors (Lipinski definition) is 1. The fraction of sp³-hybridized carbons (Fsp3) is 0.250. The Balaban J connectivity index is 3.38. The van der Waals surface area contributed by atoms with Gasteiger partial charge in [0, 0.05) is 11.1 Å². The molecule has 0 aliphatic heterocycles. The van der Waals surface area contributed by atoms with Gasteiger partial charge < -0.3 is 5.11 Å². The molecule has 82 valence electrons. The van der Waals surface area contributed by atoms with Crippen LogP contribution < -0.4 is 0 Å². The van der Waals surface area contributed by atoms with Crippen molar-refractivity contribution in [1.82, 2.24) is 4.98 Å². The molecule has 0 atom stereocenters. The highest BCUT2D eigenvalue weighted by Gasteiger charge is 2.19. The Morgan fingerprint density at radius 2 is 2.27 bits per heavy atom. The summed E-state index contributed by atoms with van der Waals surface area (Å²) in [5.74, 6) is -1.46. The molecule has 0 radical (unpaired) electrons. The zero-order chi connectivity index (χ0) is 11.6. The number of carbonyl (C=O) groups is 1. The molecular formula is C8H5ClF2INO2. The number of nitrogens with zero attached hydrogens (tertiary/aromatic N) is 1. The van der Waals surface area contributed by atoms with Crippen LogP contribution in [0.15, 0.2) is 6.07 Å². The first kappa shape index (κ1) is 12.6. The Hall–Kier alpha value is -0.500. The number of aromatic nitrogens is 1. The molecule has 0 aromatic carbocycles. The average molecular weight is 347 g/mol. The van der Waals surface area contributed by atoms with E-state index in [1.54, 1.807) is 22.6 Å². The number of halogens is 4. The zero-order valence-electron chi connectivity index (χ0n) is 7.18. The molecule has 3 nitrogen and oxygen atoms in total. The molecule has 1 heterocycles. The molecule has 0 fully saturated rings. The standard InChI is InChI=1S/C8H5ClF2INO2/c9-2-4-3(6(10)11)1-5(8(14)15)13-7(4)12/h1,6H,2H2,(H,14,15). The van der Waals surface area contributed by atoms with Gasteiger partial charge in [-0.1, -0.05) is 0 Å². The van der Waals surface area contributed by atoms with E-state index in [1.165, 1.54) is 0 Å². The predicted molar refractivity (Wildman–Crippen MR) is 58.4 cm³/mol. The molecule has 0 aliphatic rings. The van der Waals surface area contributed by atoms with Crippen LogP contribution in [0.4, 0.5) is 8.78 Å². The molecular weight excluding hydrogens is 342 g/mol. The molecule has 1 rings (SSSR count). The molecule has 0 aliphatic carbocycles. The van der Waals surface area contributed by atoms with Gasteiger partial charge in [-0.2, -0.15) is 0 Å². The van der Waals surface area contributed by atoms with Crippen LogP contribution in [0.2, 0.25) is 0 Å². The number of rotatable bonds is 3. The van der Waals surface area contributed by atoms with Crippen molar-refractivity contribution in [2.75, 3.05) is 0 Å². The van der Waals surface area contributed by atoms with E-state index in [0.717, 1.165) is 6.07 Å². The summed E-state index contributed by atoms with van der Waals surface area (Å²) in [6, 6.07) is 0.854. The molecule has 0 spiro atoms. The summed E-state index contributed by atoms with van der Waals surface area (Å²) in [5, 5.41) is 8.64. The molecule has 1 aromatic rings. The monoisotopic (exact) mass is 347 g/mol. The van der Waals surface area contributed by atoms with E-state index in [4.69, 9.17) is 16.7 Å². The van der Waals surface area contributed by atoms with Gasteiger partial charge in [0.1, 0.15) is 9.39 Å². The minimum Gasteiger partial charge on any atom is -0.477 e. The quantitative estimate of drug-likeness (QED) is 0.519. The first-order valence-corrected chi connectivity index (χ1v) is 5.35. The van der Waals surface area contributed by atoms with Gasteiger partial charge in [-0.25, -0.2) is 18.6 Å². The molecule has 0 bridgehead atoms. The Labute approximate surface area is 103 Å².